The first-order chi connectivity index (χ1) is 29.6. The summed E-state index contributed by atoms with van der Waals surface area (Å²) in [6, 6.07) is 0. The van der Waals surface area contributed by atoms with Crippen molar-refractivity contribution in [1.29, 1.82) is 0 Å². The average molecular weight is 971 g/mol. The fraction of sp³-hybridized carbons (Fsp3) is 0.714. The van der Waals surface area contributed by atoms with E-state index in [1.807, 2.05) is 0 Å². The Kier molecular flexibility index (Phi) is 22.2. The molecule has 1 aliphatic heterocycles. The van der Waals surface area contributed by atoms with Crippen molar-refractivity contribution in [2.75, 3.05) is 37.8 Å². The Morgan fingerprint density at radius 1 is 0.984 bits per heavy atom. The summed E-state index contributed by atoms with van der Waals surface area (Å²) in [7, 11) is -17.3. The number of nitrogens with one attached hydrogen (secondary N) is 2. The third-order valence-corrected chi connectivity index (χ3v) is 13.4. The van der Waals surface area contributed by atoms with Crippen molar-refractivity contribution in [3.63, 3.8) is 0 Å². The highest BCUT2D eigenvalue weighted by Crippen LogP contribution is 2.56. The van der Waals surface area contributed by atoms with Crippen LogP contribution in [0.5, 0.6) is 0 Å². The molecular formula is C35H55N7O17P3S-3. The van der Waals surface area contributed by atoms with Crippen LogP contribution >= 0.6 is 35.2 Å². The maximum absolute atomic E-state index is 12.6. The minimum Gasteiger partial charge on any atom is -0.756 e. The van der Waals surface area contributed by atoms with Crippen LogP contribution in [0.15, 0.2) is 12.7 Å². The second kappa shape index (κ2) is 25.7. The number of rotatable bonds is 30. The predicted molar refractivity (Wildman–Crippen MR) is 220 cm³/mol. The minimum atomic E-state index is -5.90. The second-order valence-electron chi connectivity index (χ2n) is 15.1. The quantitative estimate of drug-likeness (QED) is 0.0356. The molecule has 0 spiro atoms. The first-order valence-corrected chi connectivity index (χ1v) is 25.4. The number of unbranched alkanes of at least 4 members (excludes halogenated alkanes) is 9. The number of phosphoric acid groups is 3. The molecule has 2 aromatic heterocycles. The number of anilines is 1. The van der Waals surface area contributed by atoms with Crippen molar-refractivity contribution in [2.24, 2.45) is 5.41 Å². The molecule has 8 atom stereocenters. The van der Waals surface area contributed by atoms with E-state index < -0.39 is 84.6 Å². The summed E-state index contributed by atoms with van der Waals surface area (Å²) in [5, 5.41) is 26.4. The normalized spacial score (nSPS) is 21.2. The summed E-state index contributed by atoms with van der Waals surface area (Å²) in [4.78, 5) is 94.6. The maximum atomic E-state index is 12.6. The largest absolute Gasteiger partial charge is 0.756 e. The maximum Gasteiger partial charge on any atom is 0.274 e. The highest BCUT2D eigenvalue weighted by Gasteiger charge is 2.48. The molecular weight excluding hydrogens is 915 g/mol. The van der Waals surface area contributed by atoms with Gasteiger partial charge in [-0.2, -0.15) is 0 Å². The molecule has 3 rings (SSSR count). The third kappa shape index (κ3) is 19.2. The molecule has 24 nitrogen and oxygen atoms in total. The number of aliphatic hydroxyl groups excluding tert-OH is 2. The Hall–Kier alpha value is -2.88. The SMILES string of the molecule is C#CCCCCCCCCCCCC(=O)SCCNC(=O)CCNC(=O)[C@H](O)C(C)(C)COP(=O)([O-])OP(=O)([O-])OC[C@H]1O[C@@H](n2cnc3c(N)ncnc32)[C@H](O)[C@@H]1OP(=O)([O-])O. The van der Waals surface area contributed by atoms with E-state index in [0.717, 1.165) is 73.9 Å². The van der Waals surface area contributed by atoms with Gasteiger partial charge in [0.2, 0.25) is 11.8 Å². The Balaban J connectivity index is 1.35. The van der Waals surface area contributed by atoms with Crippen LogP contribution in [0.1, 0.15) is 97.1 Å². The van der Waals surface area contributed by atoms with Crippen LogP contribution in [0.4, 0.5) is 5.82 Å². The van der Waals surface area contributed by atoms with E-state index >= 15 is 0 Å². The van der Waals surface area contributed by atoms with Gasteiger partial charge in [0.15, 0.2) is 22.8 Å². The molecule has 0 radical (unpaired) electrons. The number of thioether (sulfide) groups is 1. The Morgan fingerprint density at radius 3 is 2.27 bits per heavy atom. The summed E-state index contributed by atoms with van der Waals surface area (Å²) in [5.74, 6) is 1.51. The molecule has 7 N–H and O–H groups in total. The molecule has 63 heavy (non-hydrogen) atoms. The van der Waals surface area contributed by atoms with Gasteiger partial charge in [0.1, 0.15) is 36.3 Å². The van der Waals surface area contributed by atoms with Crippen LogP contribution in [0.2, 0.25) is 0 Å². The highest BCUT2D eigenvalue weighted by atomic mass is 32.2. The predicted octanol–water partition coefficient (Wildman–Crippen LogP) is 0.693. The zero-order chi connectivity index (χ0) is 46.8. The van der Waals surface area contributed by atoms with Gasteiger partial charge in [0, 0.05) is 43.5 Å². The van der Waals surface area contributed by atoms with Crippen LogP contribution in [-0.2, 0) is 50.7 Å². The molecule has 0 bridgehead atoms. The number of aliphatic hydroxyl groups is 2. The van der Waals surface area contributed by atoms with Crippen LogP contribution in [-0.4, -0.2) is 108 Å². The number of fused-ring (bicyclic) bond motifs is 1. The van der Waals surface area contributed by atoms with Crippen LogP contribution in [0.3, 0.4) is 0 Å². The molecule has 0 saturated carbocycles. The molecule has 28 heteroatoms. The number of nitrogens with two attached hydrogens (primary N) is 1. The van der Waals surface area contributed by atoms with Gasteiger partial charge in [-0.1, -0.05) is 70.6 Å². The van der Waals surface area contributed by atoms with Crippen molar-refractivity contribution in [3.8, 4) is 12.3 Å². The van der Waals surface area contributed by atoms with Gasteiger partial charge in [0.25, 0.3) is 23.5 Å². The lowest BCUT2D eigenvalue weighted by atomic mass is 9.87. The lowest BCUT2D eigenvalue weighted by Gasteiger charge is -2.35. The van der Waals surface area contributed by atoms with E-state index in [9.17, 15) is 57.9 Å². The highest BCUT2D eigenvalue weighted by molar-refractivity contribution is 8.13. The molecule has 1 saturated heterocycles. The number of terminal acetylenes is 1. The van der Waals surface area contributed by atoms with Gasteiger partial charge in [-0.25, -0.2) is 19.3 Å². The number of phosphoric ester groups is 3. The monoisotopic (exact) mass is 970 g/mol. The lowest BCUT2D eigenvalue weighted by molar-refractivity contribution is -0.247. The van der Waals surface area contributed by atoms with Crippen molar-refractivity contribution < 1.29 is 80.5 Å². The van der Waals surface area contributed by atoms with Crippen molar-refractivity contribution in [3.05, 3.63) is 12.7 Å². The van der Waals surface area contributed by atoms with Gasteiger partial charge in [-0.15, -0.1) is 12.3 Å². The molecule has 3 unspecified atom stereocenters. The number of hydrogen-bond donors (Lipinski definition) is 6. The molecule has 0 aromatic carbocycles. The molecule has 3 heterocycles. The Labute approximate surface area is 368 Å². The van der Waals surface area contributed by atoms with E-state index in [0.29, 0.717) is 12.2 Å². The van der Waals surface area contributed by atoms with Crippen LogP contribution in [0, 0.1) is 17.8 Å². The van der Waals surface area contributed by atoms with Crippen LogP contribution < -0.4 is 31.0 Å². The third-order valence-electron chi connectivity index (χ3n) is 9.45. The number of amides is 2. The number of hydrogen-bond acceptors (Lipinski definition) is 21. The smallest absolute Gasteiger partial charge is 0.274 e. The lowest BCUT2D eigenvalue weighted by Crippen LogP contribution is -2.46. The number of imidazole rings is 1. The van der Waals surface area contributed by atoms with E-state index in [1.165, 1.54) is 33.1 Å². The summed E-state index contributed by atoms with van der Waals surface area (Å²) < 4.78 is 61.0. The molecule has 1 fully saturated rings. The molecule has 0 aliphatic carbocycles. The van der Waals surface area contributed by atoms with Gasteiger partial charge >= 0.3 is 0 Å². The Bertz CT molecular complexity index is 2000. The molecule has 2 aromatic rings. The second-order valence-corrected chi connectivity index (χ2v) is 20.4. The van der Waals surface area contributed by atoms with Crippen molar-refractivity contribution in [2.45, 2.75) is 122 Å². The number of nitrogen functional groups attached to an aromatic ring is 1. The number of carbonyl (C=O) groups excluding carboxylic acids is 3. The number of ether oxygens (including phenoxy) is 1. The summed E-state index contributed by atoms with van der Waals surface area (Å²) in [5.41, 5.74) is 4.12. The van der Waals surface area contributed by atoms with E-state index in [4.69, 9.17) is 16.9 Å². The standard InChI is InChI=1S/C35H58N7O17P3S/c1-4-5-6-7-8-9-10-11-12-13-14-15-26(44)63-19-18-37-25(43)16-17-38-33(47)30(46)35(2,3)21-56-62(53,54)59-61(51,52)55-20-24-29(58-60(48,49)50)28(45)34(57-24)42-23-41-27-31(36)39-22-40-32(27)42/h1,22-24,28-30,34,45-46H,5-21H2,2-3H3,(H,37,43)(H,38,47)(H,51,52)(H,53,54)(H2,36,39,40)(H2,48,49,50)/p-3/t24-,28-,29-,30+,34-/m1/s1. The van der Waals surface area contributed by atoms with Gasteiger partial charge in [0.05, 0.1) is 19.5 Å². The first-order valence-electron chi connectivity index (χ1n) is 20.0. The zero-order valence-electron chi connectivity index (χ0n) is 34.8. The van der Waals surface area contributed by atoms with Crippen molar-refractivity contribution >= 4 is 69.1 Å². The summed E-state index contributed by atoms with van der Waals surface area (Å²) in [6.45, 7) is 0.195. The van der Waals surface area contributed by atoms with Crippen LogP contribution in [0.25, 0.3) is 11.2 Å². The molecule has 2 amide bonds. The number of aromatic nitrogens is 4. The van der Waals surface area contributed by atoms with Gasteiger partial charge in [-0.05, 0) is 12.8 Å². The average Bonchev–Trinajstić information content (AvgIpc) is 3.76. The Morgan fingerprint density at radius 2 is 1.62 bits per heavy atom. The fourth-order valence-corrected chi connectivity index (χ4v) is 9.55. The zero-order valence-corrected chi connectivity index (χ0v) is 38.3. The first kappa shape index (κ1) is 54.5. The van der Waals surface area contributed by atoms with Gasteiger partial charge < -0.3 is 64.5 Å². The van der Waals surface area contributed by atoms with Crippen molar-refractivity contribution in [1.82, 2.24) is 30.2 Å². The summed E-state index contributed by atoms with van der Waals surface area (Å²) >= 11 is 1.13. The van der Waals surface area contributed by atoms with E-state index in [2.05, 4.69) is 49.4 Å². The molecule has 1 aliphatic rings. The number of nitrogens with zero attached hydrogens (tertiary/aromatic N) is 4. The number of carbonyl (C=O) groups is 3. The summed E-state index contributed by atoms with van der Waals surface area (Å²) in [6.07, 6.45) is 8.99. The van der Waals surface area contributed by atoms with E-state index in [1.54, 1.807) is 0 Å². The fourth-order valence-electron chi connectivity index (χ4n) is 6.08. The van der Waals surface area contributed by atoms with Gasteiger partial charge in [-0.3, -0.25) is 32.6 Å². The minimum absolute atomic E-state index is 0.00496. The van der Waals surface area contributed by atoms with E-state index in [-0.39, 0.29) is 41.6 Å². The molecule has 356 valence electrons. The topological polar surface area (TPSA) is 372 Å².